The normalized spacial score (nSPS) is 22.1. The average Bonchev–Trinajstić information content (AvgIpc) is 3.22. The summed E-state index contributed by atoms with van der Waals surface area (Å²) in [7, 11) is 0. The second-order valence-corrected chi connectivity index (χ2v) is 8.93. The average molecular weight is 387 g/mol. The van der Waals surface area contributed by atoms with Crippen molar-refractivity contribution in [2.75, 3.05) is 18.4 Å². The maximum Gasteiger partial charge on any atom is 0.219 e. The number of nitrogens with one attached hydrogen (secondary N) is 2. The predicted molar refractivity (Wildman–Crippen MR) is 114 cm³/mol. The van der Waals surface area contributed by atoms with E-state index in [2.05, 4.69) is 24.5 Å². The molecule has 1 aliphatic heterocycles. The molecule has 0 radical (unpaired) electrons. The quantitative estimate of drug-likeness (QED) is 0.599. The van der Waals surface area contributed by atoms with E-state index in [0.29, 0.717) is 12.1 Å². The van der Waals surface area contributed by atoms with E-state index in [1.54, 1.807) is 6.92 Å². The minimum Gasteiger partial charge on any atom is -0.491 e. The van der Waals surface area contributed by atoms with Crippen molar-refractivity contribution in [3.8, 4) is 5.75 Å². The smallest absolute Gasteiger partial charge is 0.219 e. The van der Waals surface area contributed by atoms with Crippen LogP contribution in [0.25, 0.3) is 0 Å². The van der Waals surface area contributed by atoms with Gasteiger partial charge < -0.3 is 20.3 Å². The molecule has 154 valence electrons. The molecule has 2 fully saturated rings. The molecule has 2 N–H and O–H groups in total. The topological polar surface area (TPSA) is 66.0 Å². The number of piperidine rings is 1. The van der Waals surface area contributed by atoms with E-state index in [-0.39, 0.29) is 17.4 Å². The van der Waals surface area contributed by atoms with Crippen molar-refractivity contribution in [3.05, 3.63) is 24.3 Å². The van der Waals surface area contributed by atoms with Gasteiger partial charge in [-0.05, 0) is 62.8 Å². The molecule has 1 saturated heterocycles. The van der Waals surface area contributed by atoms with E-state index in [9.17, 15) is 4.79 Å². The summed E-state index contributed by atoms with van der Waals surface area (Å²) in [6.45, 7) is 11.8. The molecule has 1 heterocycles. The van der Waals surface area contributed by atoms with Gasteiger partial charge in [0.15, 0.2) is 5.96 Å². The Balaban J connectivity index is 1.64. The lowest BCUT2D eigenvalue weighted by Crippen LogP contribution is -2.47. The summed E-state index contributed by atoms with van der Waals surface area (Å²) in [4.78, 5) is 18.4. The summed E-state index contributed by atoms with van der Waals surface area (Å²) in [5.41, 5.74) is 1.27. The molecule has 2 aliphatic rings. The number of likely N-dealkylation sites (tertiary alicyclic amines) is 1. The molecular weight excluding hydrogens is 352 g/mol. The van der Waals surface area contributed by atoms with Gasteiger partial charge in [-0.25, -0.2) is 4.99 Å². The molecule has 6 heteroatoms. The van der Waals surface area contributed by atoms with Crippen LogP contribution in [0.1, 0.15) is 53.9 Å². The summed E-state index contributed by atoms with van der Waals surface area (Å²) in [5, 5.41) is 7.04. The highest BCUT2D eigenvalue weighted by Gasteiger charge is 2.46. The number of carbonyl (C=O) groups excluding carboxylic acids is 1. The number of rotatable bonds is 5. The third-order valence-electron chi connectivity index (χ3n) is 5.52. The largest absolute Gasteiger partial charge is 0.491 e. The number of nitrogens with zero attached hydrogens (tertiary/aromatic N) is 2. The molecule has 0 spiro atoms. The maximum atomic E-state index is 11.5. The molecule has 1 unspecified atom stereocenters. The lowest BCUT2D eigenvalue weighted by atomic mass is 10.1. The van der Waals surface area contributed by atoms with E-state index >= 15 is 0 Å². The van der Waals surface area contributed by atoms with E-state index in [0.717, 1.165) is 49.7 Å². The Morgan fingerprint density at radius 3 is 2.32 bits per heavy atom. The molecule has 1 aromatic carbocycles. The number of hydrogen-bond acceptors (Lipinski definition) is 3. The fourth-order valence-corrected chi connectivity index (χ4v) is 3.48. The van der Waals surface area contributed by atoms with Gasteiger partial charge in [0.25, 0.3) is 0 Å². The van der Waals surface area contributed by atoms with Gasteiger partial charge >= 0.3 is 0 Å². The van der Waals surface area contributed by atoms with Crippen molar-refractivity contribution in [1.29, 1.82) is 0 Å². The summed E-state index contributed by atoms with van der Waals surface area (Å²) < 4.78 is 5.72. The Hall–Kier alpha value is -2.24. The van der Waals surface area contributed by atoms with Gasteiger partial charge in [-0.15, -0.1) is 0 Å². The summed E-state index contributed by atoms with van der Waals surface area (Å²) in [5.74, 6) is 1.86. The van der Waals surface area contributed by atoms with Gasteiger partial charge in [0, 0.05) is 31.7 Å². The highest BCUT2D eigenvalue weighted by atomic mass is 16.5. The van der Waals surface area contributed by atoms with Crippen LogP contribution in [0.3, 0.4) is 0 Å². The highest BCUT2D eigenvalue weighted by molar-refractivity contribution is 5.94. The van der Waals surface area contributed by atoms with Crippen molar-refractivity contribution in [1.82, 2.24) is 10.2 Å². The molecule has 3 rings (SSSR count). The lowest BCUT2D eigenvalue weighted by Gasteiger charge is -2.32. The van der Waals surface area contributed by atoms with Gasteiger partial charge in [-0.2, -0.15) is 0 Å². The molecule has 28 heavy (non-hydrogen) atoms. The minimum absolute atomic E-state index is 0.161. The van der Waals surface area contributed by atoms with E-state index < -0.39 is 0 Å². The number of amides is 1. The standard InChI is InChI=1S/C22H34N4O2/c1-15(2)28-19-8-6-17(7-9-19)23-21(25-20-14-22(20,4)5)24-18-10-12-26(13-11-18)16(3)27/h6-9,15,18,20H,10-14H2,1-5H3,(H2,23,24,25). The monoisotopic (exact) mass is 386 g/mol. The van der Waals surface area contributed by atoms with Crippen LogP contribution in [0.2, 0.25) is 0 Å². The third-order valence-corrected chi connectivity index (χ3v) is 5.52. The molecule has 0 bridgehead atoms. The fourth-order valence-electron chi connectivity index (χ4n) is 3.48. The minimum atomic E-state index is 0.161. The van der Waals surface area contributed by atoms with Gasteiger partial charge in [0.1, 0.15) is 5.75 Å². The van der Waals surface area contributed by atoms with Crippen LogP contribution in [-0.2, 0) is 4.79 Å². The van der Waals surface area contributed by atoms with Crippen molar-refractivity contribution >= 4 is 17.6 Å². The zero-order valence-electron chi connectivity index (χ0n) is 17.8. The third kappa shape index (κ3) is 5.63. The summed E-state index contributed by atoms with van der Waals surface area (Å²) in [6, 6.07) is 8.67. The lowest BCUT2D eigenvalue weighted by molar-refractivity contribution is -0.129. The Bertz CT molecular complexity index is 704. The van der Waals surface area contributed by atoms with Crippen molar-refractivity contribution in [2.24, 2.45) is 10.4 Å². The first-order chi connectivity index (χ1) is 13.2. The zero-order valence-corrected chi connectivity index (χ0v) is 17.8. The first-order valence-corrected chi connectivity index (χ1v) is 10.4. The van der Waals surface area contributed by atoms with E-state index in [1.807, 2.05) is 43.0 Å². The Labute approximate surface area is 168 Å². The maximum absolute atomic E-state index is 11.5. The Morgan fingerprint density at radius 1 is 1.21 bits per heavy atom. The number of ether oxygens (including phenoxy) is 1. The zero-order chi connectivity index (χ0) is 20.3. The van der Waals surface area contributed by atoms with Crippen LogP contribution < -0.4 is 15.4 Å². The molecule has 1 saturated carbocycles. The van der Waals surface area contributed by atoms with Gasteiger partial charge in [0.2, 0.25) is 5.91 Å². The predicted octanol–water partition coefficient (Wildman–Crippen LogP) is 3.64. The first-order valence-electron chi connectivity index (χ1n) is 10.4. The van der Waals surface area contributed by atoms with Crippen LogP contribution in [0.5, 0.6) is 5.75 Å². The molecule has 6 nitrogen and oxygen atoms in total. The molecule has 1 atom stereocenters. The second kappa shape index (κ2) is 8.41. The van der Waals surface area contributed by atoms with Crippen LogP contribution in [0, 0.1) is 5.41 Å². The second-order valence-electron chi connectivity index (χ2n) is 8.93. The van der Waals surface area contributed by atoms with Gasteiger partial charge in [0.05, 0.1) is 12.1 Å². The first kappa shape index (κ1) is 20.5. The molecule has 1 amide bonds. The molecular formula is C22H34N4O2. The van der Waals surface area contributed by atoms with Crippen LogP contribution in [0.15, 0.2) is 29.3 Å². The highest BCUT2D eigenvalue weighted by Crippen LogP contribution is 2.47. The Morgan fingerprint density at radius 2 is 1.82 bits per heavy atom. The van der Waals surface area contributed by atoms with E-state index in [4.69, 9.17) is 9.73 Å². The van der Waals surface area contributed by atoms with E-state index in [1.165, 1.54) is 0 Å². The summed E-state index contributed by atoms with van der Waals surface area (Å²) >= 11 is 0. The number of carbonyl (C=O) groups is 1. The number of hydrogen-bond donors (Lipinski definition) is 2. The molecule has 0 aromatic heterocycles. The Kier molecular flexibility index (Phi) is 6.16. The number of anilines is 1. The van der Waals surface area contributed by atoms with Crippen LogP contribution in [0.4, 0.5) is 5.69 Å². The number of guanidine groups is 1. The fraction of sp³-hybridized carbons (Fsp3) is 0.636. The van der Waals surface area contributed by atoms with Crippen molar-refractivity contribution in [3.63, 3.8) is 0 Å². The van der Waals surface area contributed by atoms with Gasteiger partial charge in [-0.3, -0.25) is 4.79 Å². The number of benzene rings is 1. The SMILES string of the molecule is CC(=O)N1CCC(NC(=NC2CC2(C)C)Nc2ccc(OC(C)C)cc2)CC1. The van der Waals surface area contributed by atoms with Crippen LogP contribution >= 0.6 is 0 Å². The van der Waals surface area contributed by atoms with Gasteiger partial charge in [-0.1, -0.05) is 13.8 Å². The summed E-state index contributed by atoms with van der Waals surface area (Å²) in [6.07, 6.45) is 3.16. The molecule has 1 aromatic rings. The number of aliphatic imine (C=N–C) groups is 1. The van der Waals surface area contributed by atoms with Crippen molar-refractivity contribution < 1.29 is 9.53 Å². The van der Waals surface area contributed by atoms with Crippen molar-refractivity contribution in [2.45, 2.75) is 72.1 Å². The van der Waals surface area contributed by atoms with Crippen LogP contribution in [-0.4, -0.2) is 48.0 Å². The molecule has 1 aliphatic carbocycles.